The van der Waals surface area contributed by atoms with E-state index < -0.39 is 0 Å². The highest BCUT2D eigenvalue weighted by Gasteiger charge is 2.16. The van der Waals surface area contributed by atoms with Crippen LogP contribution in [-0.4, -0.2) is 10.9 Å². The van der Waals surface area contributed by atoms with Gasteiger partial charge in [0.1, 0.15) is 0 Å². The predicted octanol–water partition coefficient (Wildman–Crippen LogP) is 0.562. The first kappa shape index (κ1) is 7.28. The quantitative estimate of drug-likeness (QED) is 0.605. The molecule has 1 amide bonds. The second-order valence-electron chi connectivity index (χ2n) is 2.99. The molecule has 0 bridgehead atoms. The van der Waals surface area contributed by atoms with Crippen molar-refractivity contribution in [3.63, 3.8) is 0 Å². The van der Waals surface area contributed by atoms with Crippen molar-refractivity contribution < 1.29 is 4.79 Å². The van der Waals surface area contributed by atoms with E-state index in [4.69, 9.17) is 0 Å². The first-order chi connectivity index (χ1) is 5.77. The smallest absolute Gasteiger partial charge is 0.224 e. The molecule has 1 N–H and O–H groups in total. The summed E-state index contributed by atoms with van der Waals surface area (Å²) in [7, 11) is 0. The Labute approximate surface area is 70.8 Å². The third kappa shape index (κ3) is 1.07. The van der Waals surface area contributed by atoms with E-state index in [0.717, 1.165) is 11.3 Å². The minimum Gasteiger partial charge on any atom is -0.352 e. The topological polar surface area (TPSA) is 42.0 Å². The van der Waals surface area contributed by atoms with Gasteiger partial charge in [-0.1, -0.05) is 0 Å². The van der Waals surface area contributed by atoms with Gasteiger partial charge in [0.15, 0.2) is 0 Å². The molecular formula is C9H10N2O. The van der Waals surface area contributed by atoms with Crippen LogP contribution in [0.5, 0.6) is 0 Å². The second kappa shape index (κ2) is 2.59. The van der Waals surface area contributed by atoms with E-state index in [-0.39, 0.29) is 5.91 Å². The van der Waals surface area contributed by atoms with Crippen molar-refractivity contribution in [2.75, 3.05) is 0 Å². The summed E-state index contributed by atoms with van der Waals surface area (Å²) in [6, 6.07) is 1.96. The van der Waals surface area contributed by atoms with Gasteiger partial charge in [-0.2, -0.15) is 0 Å². The van der Waals surface area contributed by atoms with Crippen LogP contribution in [-0.2, 0) is 17.8 Å². The van der Waals surface area contributed by atoms with Crippen molar-refractivity contribution >= 4 is 5.91 Å². The van der Waals surface area contributed by atoms with Gasteiger partial charge in [0, 0.05) is 18.4 Å². The highest BCUT2D eigenvalue weighted by Crippen LogP contribution is 2.15. The summed E-state index contributed by atoms with van der Waals surface area (Å²) in [5, 5.41) is 2.80. The van der Waals surface area contributed by atoms with Gasteiger partial charge in [-0.3, -0.25) is 9.78 Å². The van der Waals surface area contributed by atoms with Crippen molar-refractivity contribution in [1.29, 1.82) is 0 Å². The highest BCUT2D eigenvalue weighted by atomic mass is 16.1. The van der Waals surface area contributed by atoms with E-state index in [1.165, 1.54) is 5.56 Å². The summed E-state index contributed by atoms with van der Waals surface area (Å²) in [5.41, 5.74) is 3.27. The Balaban J connectivity index is 2.50. The molecule has 0 atom stereocenters. The zero-order chi connectivity index (χ0) is 8.55. The number of hydrogen-bond donors (Lipinski definition) is 1. The van der Waals surface area contributed by atoms with Crippen molar-refractivity contribution in [3.8, 4) is 0 Å². The van der Waals surface area contributed by atoms with Gasteiger partial charge in [-0.25, -0.2) is 0 Å². The molecule has 1 aromatic rings. The number of carbonyl (C=O) groups excluding carboxylic acids is 1. The lowest BCUT2D eigenvalue weighted by atomic mass is 10.0. The fraction of sp³-hybridized carbons (Fsp3) is 0.333. The summed E-state index contributed by atoms with van der Waals surface area (Å²) in [6.07, 6.45) is 2.26. The first-order valence-corrected chi connectivity index (χ1v) is 3.97. The molecule has 1 aromatic heterocycles. The summed E-state index contributed by atoms with van der Waals surface area (Å²) in [6.45, 7) is 2.59. The van der Waals surface area contributed by atoms with Crippen LogP contribution in [0.3, 0.4) is 0 Å². The maximum atomic E-state index is 11.0. The van der Waals surface area contributed by atoms with Crippen LogP contribution in [0.4, 0.5) is 0 Å². The van der Waals surface area contributed by atoms with Crippen LogP contribution in [0, 0.1) is 6.92 Å². The molecule has 0 aliphatic carbocycles. The Morgan fingerprint density at radius 3 is 3.25 bits per heavy atom. The fourth-order valence-corrected chi connectivity index (χ4v) is 1.47. The van der Waals surface area contributed by atoms with E-state index in [9.17, 15) is 4.79 Å². The van der Waals surface area contributed by atoms with Crippen molar-refractivity contribution in [3.05, 3.63) is 29.1 Å². The van der Waals surface area contributed by atoms with Crippen LogP contribution in [0.1, 0.15) is 16.8 Å². The van der Waals surface area contributed by atoms with Crippen LogP contribution < -0.4 is 5.32 Å². The molecule has 0 fully saturated rings. The number of nitrogens with one attached hydrogen (secondary N) is 1. The van der Waals surface area contributed by atoms with Gasteiger partial charge >= 0.3 is 0 Å². The Morgan fingerprint density at radius 2 is 2.42 bits per heavy atom. The molecule has 12 heavy (non-hydrogen) atoms. The van der Waals surface area contributed by atoms with E-state index in [2.05, 4.69) is 10.3 Å². The molecule has 2 heterocycles. The number of pyridine rings is 1. The van der Waals surface area contributed by atoms with Crippen molar-refractivity contribution in [2.24, 2.45) is 0 Å². The number of carbonyl (C=O) groups is 1. The van der Waals surface area contributed by atoms with Crippen molar-refractivity contribution in [2.45, 2.75) is 19.9 Å². The summed E-state index contributed by atoms with van der Waals surface area (Å²) in [4.78, 5) is 15.2. The maximum Gasteiger partial charge on any atom is 0.224 e. The molecule has 3 heteroatoms. The zero-order valence-electron chi connectivity index (χ0n) is 6.92. The Hall–Kier alpha value is -1.38. The Kier molecular flexibility index (Phi) is 1.57. The standard InChI is InChI=1S/C9H10N2O/c1-6-8-4-9(12)11-5-7(8)2-3-10-6/h2-3H,4-5H2,1H3,(H,11,12). The zero-order valence-corrected chi connectivity index (χ0v) is 6.92. The molecular weight excluding hydrogens is 152 g/mol. The van der Waals surface area contributed by atoms with Crippen LogP contribution >= 0.6 is 0 Å². The van der Waals surface area contributed by atoms with E-state index >= 15 is 0 Å². The number of rotatable bonds is 0. The molecule has 0 radical (unpaired) electrons. The Morgan fingerprint density at radius 1 is 1.58 bits per heavy atom. The van der Waals surface area contributed by atoms with Gasteiger partial charge in [0.25, 0.3) is 0 Å². The highest BCUT2D eigenvalue weighted by molar-refractivity contribution is 5.80. The van der Waals surface area contributed by atoms with E-state index in [0.29, 0.717) is 13.0 Å². The molecule has 1 aliphatic heterocycles. The lowest BCUT2D eigenvalue weighted by Gasteiger charge is -2.17. The third-order valence-corrected chi connectivity index (χ3v) is 2.18. The third-order valence-electron chi connectivity index (χ3n) is 2.18. The molecule has 0 unspecified atom stereocenters. The van der Waals surface area contributed by atoms with E-state index in [1.807, 2.05) is 13.0 Å². The largest absolute Gasteiger partial charge is 0.352 e. The Bertz CT molecular complexity index is 333. The average molecular weight is 162 g/mol. The van der Waals surface area contributed by atoms with Gasteiger partial charge < -0.3 is 5.32 Å². The SMILES string of the molecule is Cc1nccc2c1CC(=O)NC2. The number of amides is 1. The molecule has 0 spiro atoms. The predicted molar refractivity (Wildman–Crippen MR) is 44.5 cm³/mol. The molecule has 0 saturated heterocycles. The van der Waals surface area contributed by atoms with Crippen molar-refractivity contribution in [1.82, 2.24) is 10.3 Å². The number of fused-ring (bicyclic) bond motifs is 1. The van der Waals surface area contributed by atoms with Crippen LogP contribution in [0.25, 0.3) is 0 Å². The normalized spacial score (nSPS) is 15.2. The number of nitrogens with zero attached hydrogens (tertiary/aromatic N) is 1. The summed E-state index contributed by atoms with van der Waals surface area (Å²) >= 11 is 0. The number of aryl methyl sites for hydroxylation is 1. The average Bonchev–Trinajstić information content (AvgIpc) is 2.07. The molecule has 62 valence electrons. The number of aromatic nitrogens is 1. The first-order valence-electron chi connectivity index (χ1n) is 3.97. The fourth-order valence-electron chi connectivity index (χ4n) is 1.47. The van der Waals surface area contributed by atoms with E-state index in [1.54, 1.807) is 6.20 Å². The molecule has 2 rings (SSSR count). The molecule has 3 nitrogen and oxygen atoms in total. The van der Waals surface area contributed by atoms with Crippen LogP contribution in [0.2, 0.25) is 0 Å². The van der Waals surface area contributed by atoms with Gasteiger partial charge in [0.2, 0.25) is 5.91 Å². The molecule has 0 aromatic carbocycles. The molecule has 0 saturated carbocycles. The van der Waals surface area contributed by atoms with Gasteiger partial charge in [-0.15, -0.1) is 0 Å². The van der Waals surface area contributed by atoms with Crippen LogP contribution in [0.15, 0.2) is 12.3 Å². The molecule has 1 aliphatic rings. The summed E-state index contributed by atoms with van der Waals surface area (Å²) in [5.74, 6) is 0.0959. The second-order valence-corrected chi connectivity index (χ2v) is 2.99. The maximum absolute atomic E-state index is 11.0. The summed E-state index contributed by atoms with van der Waals surface area (Å²) < 4.78 is 0. The lowest BCUT2D eigenvalue weighted by Crippen LogP contribution is -2.30. The number of hydrogen-bond acceptors (Lipinski definition) is 2. The lowest BCUT2D eigenvalue weighted by molar-refractivity contribution is -0.121. The van der Waals surface area contributed by atoms with Gasteiger partial charge in [-0.05, 0) is 24.1 Å². The monoisotopic (exact) mass is 162 g/mol. The minimum absolute atomic E-state index is 0.0959. The minimum atomic E-state index is 0.0959. The van der Waals surface area contributed by atoms with Gasteiger partial charge in [0.05, 0.1) is 6.42 Å².